The molecule has 0 radical (unpaired) electrons. The van der Waals surface area contributed by atoms with E-state index in [0.717, 1.165) is 23.9 Å². The number of amides is 1. The quantitative estimate of drug-likeness (QED) is 0.647. The first-order valence-corrected chi connectivity index (χ1v) is 6.96. The molecule has 6 heteroatoms. The van der Waals surface area contributed by atoms with Gasteiger partial charge in [0.1, 0.15) is 11.6 Å². The molecule has 106 valence electrons. The van der Waals surface area contributed by atoms with Crippen molar-refractivity contribution in [3.63, 3.8) is 0 Å². The van der Waals surface area contributed by atoms with Crippen LogP contribution >= 0.6 is 11.8 Å². The summed E-state index contributed by atoms with van der Waals surface area (Å²) in [6, 6.07) is 2.11. The van der Waals surface area contributed by atoms with Crippen LogP contribution in [-0.2, 0) is 4.79 Å². The second-order valence-electron chi connectivity index (χ2n) is 4.70. The molecule has 0 spiro atoms. The van der Waals surface area contributed by atoms with Crippen molar-refractivity contribution in [1.82, 2.24) is 5.32 Å². The van der Waals surface area contributed by atoms with Crippen LogP contribution < -0.4 is 11.1 Å². The zero-order chi connectivity index (χ0) is 14.6. The Bertz CT molecular complexity index is 443. The number of hydrogen-bond donors (Lipinski definition) is 2. The molecular formula is C13H18F2N2OS. The van der Waals surface area contributed by atoms with Crippen LogP contribution in [0, 0.1) is 17.6 Å². The van der Waals surface area contributed by atoms with Crippen molar-refractivity contribution in [2.75, 3.05) is 11.5 Å². The van der Waals surface area contributed by atoms with Crippen LogP contribution in [0.15, 0.2) is 17.0 Å². The average Bonchev–Trinajstić information content (AvgIpc) is 2.27. The first-order chi connectivity index (χ1) is 8.81. The first-order valence-electron chi connectivity index (χ1n) is 5.98. The number of nitrogen functional groups attached to an aromatic ring is 1. The summed E-state index contributed by atoms with van der Waals surface area (Å²) in [5, 5.41) is 2.77. The number of carbonyl (C=O) groups excluding carboxylic acids is 1. The van der Waals surface area contributed by atoms with Gasteiger partial charge in [-0.1, -0.05) is 13.8 Å². The van der Waals surface area contributed by atoms with Gasteiger partial charge in [0, 0.05) is 11.7 Å². The maximum Gasteiger partial charge on any atom is 0.230 e. The molecule has 0 bridgehead atoms. The number of benzene rings is 1. The number of nitrogens with two attached hydrogens (primary N) is 1. The molecule has 0 aliphatic heterocycles. The fraction of sp³-hybridized carbons (Fsp3) is 0.462. The predicted octanol–water partition coefficient (Wildman–Crippen LogP) is 2.80. The molecule has 1 unspecified atom stereocenters. The molecular weight excluding hydrogens is 270 g/mol. The van der Waals surface area contributed by atoms with E-state index >= 15 is 0 Å². The smallest absolute Gasteiger partial charge is 0.230 e. The van der Waals surface area contributed by atoms with Gasteiger partial charge in [-0.15, -0.1) is 11.8 Å². The van der Waals surface area contributed by atoms with Gasteiger partial charge in [-0.2, -0.15) is 0 Å². The molecule has 19 heavy (non-hydrogen) atoms. The van der Waals surface area contributed by atoms with E-state index in [2.05, 4.69) is 5.32 Å². The molecule has 0 aliphatic carbocycles. The Hall–Kier alpha value is -1.30. The summed E-state index contributed by atoms with van der Waals surface area (Å²) in [5.41, 5.74) is 5.34. The third-order valence-electron chi connectivity index (χ3n) is 2.76. The Morgan fingerprint density at radius 2 is 1.84 bits per heavy atom. The number of carbonyl (C=O) groups is 1. The lowest BCUT2D eigenvalue weighted by Crippen LogP contribution is -2.37. The largest absolute Gasteiger partial charge is 0.399 e. The van der Waals surface area contributed by atoms with Crippen LogP contribution in [0.2, 0.25) is 0 Å². The van der Waals surface area contributed by atoms with Crippen LogP contribution in [0.3, 0.4) is 0 Å². The van der Waals surface area contributed by atoms with Crippen LogP contribution in [0.4, 0.5) is 14.5 Å². The van der Waals surface area contributed by atoms with E-state index in [4.69, 9.17) is 5.73 Å². The van der Waals surface area contributed by atoms with E-state index in [9.17, 15) is 13.6 Å². The molecule has 1 atom stereocenters. The zero-order valence-corrected chi connectivity index (χ0v) is 12.0. The van der Waals surface area contributed by atoms with Crippen molar-refractivity contribution in [2.45, 2.75) is 31.7 Å². The lowest BCUT2D eigenvalue weighted by molar-refractivity contribution is -0.119. The van der Waals surface area contributed by atoms with Gasteiger partial charge < -0.3 is 11.1 Å². The number of thioether (sulfide) groups is 1. The summed E-state index contributed by atoms with van der Waals surface area (Å²) >= 11 is 0.827. The SMILES string of the molecule is CC(C)C(C)NC(=O)CSc1c(F)cc(N)cc1F. The van der Waals surface area contributed by atoms with E-state index in [1.807, 2.05) is 20.8 Å². The molecule has 0 aliphatic rings. The summed E-state index contributed by atoms with van der Waals surface area (Å²) in [6.07, 6.45) is 0. The van der Waals surface area contributed by atoms with Gasteiger partial charge in [0.15, 0.2) is 0 Å². The highest BCUT2D eigenvalue weighted by Crippen LogP contribution is 2.27. The Labute approximate surface area is 115 Å². The fourth-order valence-electron chi connectivity index (χ4n) is 1.32. The van der Waals surface area contributed by atoms with Crippen LogP contribution in [0.1, 0.15) is 20.8 Å². The number of rotatable bonds is 5. The summed E-state index contributed by atoms with van der Waals surface area (Å²) in [5.74, 6) is -1.46. The van der Waals surface area contributed by atoms with Crippen molar-refractivity contribution in [3.8, 4) is 0 Å². The van der Waals surface area contributed by atoms with E-state index in [0.29, 0.717) is 5.92 Å². The van der Waals surface area contributed by atoms with E-state index in [1.165, 1.54) is 0 Å². The van der Waals surface area contributed by atoms with Gasteiger partial charge >= 0.3 is 0 Å². The van der Waals surface area contributed by atoms with Crippen LogP contribution in [-0.4, -0.2) is 17.7 Å². The van der Waals surface area contributed by atoms with Gasteiger partial charge in [0.05, 0.1) is 10.6 Å². The molecule has 3 N–H and O–H groups in total. The van der Waals surface area contributed by atoms with Crippen molar-refractivity contribution in [2.24, 2.45) is 5.92 Å². The van der Waals surface area contributed by atoms with Crippen LogP contribution in [0.25, 0.3) is 0 Å². The van der Waals surface area contributed by atoms with Crippen LogP contribution in [0.5, 0.6) is 0 Å². The maximum atomic E-state index is 13.5. The second kappa shape index (κ2) is 6.75. The molecule has 0 aromatic heterocycles. The molecule has 0 fully saturated rings. The molecule has 1 amide bonds. The Morgan fingerprint density at radius 3 is 2.32 bits per heavy atom. The zero-order valence-electron chi connectivity index (χ0n) is 11.2. The number of nitrogens with one attached hydrogen (secondary N) is 1. The fourth-order valence-corrected chi connectivity index (χ4v) is 2.07. The summed E-state index contributed by atoms with van der Waals surface area (Å²) in [6.45, 7) is 5.85. The molecule has 3 nitrogen and oxygen atoms in total. The maximum absolute atomic E-state index is 13.5. The highest BCUT2D eigenvalue weighted by molar-refractivity contribution is 8.00. The summed E-state index contributed by atoms with van der Waals surface area (Å²) in [7, 11) is 0. The Balaban J connectivity index is 2.60. The monoisotopic (exact) mass is 288 g/mol. The molecule has 1 aromatic rings. The van der Waals surface area contributed by atoms with Gasteiger partial charge in [-0.05, 0) is 25.0 Å². The third kappa shape index (κ3) is 4.70. The van der Waals surface area contributed by atoms with Crippen molar-refractivity contribution < 1.29 is 13.6 Å². The number of anilines is 1. The molecule has 1 aromatic carbocycles. The van der Waals surface area contributed by atoms with Gasteiger partial charge in [-0.3, -0.25) is 4.79 Å². The standard InChI is InChI=1S/C13H18F2N2OS/c1-7(2)8(3)17-12(18)6-19-13-10(14)4-9(16)5-11(13)15/h4-5,7-8H,6,16H2,1-3H3,(H,17,18). The normalized spacial score (nSPS) is 12.5. The average molecular weight is 288 g/mol. The molecule has 0 saturated carbocycles. The topological polar surface area (TPSA) is 55.1 Å². The highest BCUT2D eigenvalue weighted by atomic mass is 32.2. The second-order valence-corrected chi connectivity index (χ2v) is 5.69. The van der Waals surface area contributed by atoms with E-state index < -0.39 is 11.6 Å². The third-order valence-corrected chi connectivity index (χ3v) is 3.84. The minimum Gasteiger partial charge on any atom is -0.399 e. The lowest BCUT2D eigenvalue weighted by atomic mass is 10.1. The molecule has 1 rings (SSSR count). The van der Waals surface area contributed by atoms with Crippen molar-refractivity contribution >= 4 is 23.4 Å². The van der Waals surface area contributed by atoms with Crippen molar-refractivity contribution in [1.29, 1.82) is 0 Å². The lowest BCUT2D eigenvalue weighted by Gasteiger charge is -2.17. The summed E-state index contributed by atoms with van der Waals surface area (Å²) < 4.78 is 27.0. The Morgan fingerprint density at radius 1 is 1.32 bits per heavy atom. The molecule has 0 saturated heterocycles. The van der Waals surface area contributed by atoms with Gasteiger partial charge in [-0.25, -0.2) is 8.78 Å². The van der Waals surface area contributed by atoms with E-state index in [1.54, 1.807) is 0 Å². The molecule has 0 heterocycles. The van der Waals surface area contributed by atoms with Gasteiger partial charge in [0.25, 0.3) is 0 Å². The highest BCUT2D eigenvalue weighted by Gasteiger charge is 2.15. The number of hydrogen-bond acceptors (Lipinski definition) is 3. The minimum atomic E-state index is -0.743. The van der Waals surface area contributed by atoms with Crippen molar-refractivity contribution in [3.05, 3.63) is 23.8 Å². The summed E-state index contributed by atoms with van der Waals surface area (Å²) in [4.78, 5) is 11.4. The van der Waals surface area contributed by atoms with E-state index in [-0.39, 0.29) is 28.3 Å². The Kier molecular flexibility index (Phi) is 5.60. The predicted molar refractivity (Wildman–Crippen MR) is 73.9 cm³/mol. The first kappa shape index (κ1) is 15.8. The number of halogens is 2. The minimum absolute atomic E-state index is 0.0224. The van der Waals surface area contributed by atoms with Gasteiger partial charge in [0.2, 0.25) is 5.91 Å².